The SMILES string of the molecule is C#C[Si](C)(C)C.C#Cc1cc(C(C)=O)cc(C2CCCCC2)c1-c1ccc2nc(-c3sc(C)nc3C)ccc2c1.COC(=O)c1cc(C#C[Si](C)(C)C)c(-c2ccc3nc(-c4sc(C)nc4C)ccc3c2)c(C2CCCCC2)c1.COC(=O)c1cc(C#C[Si](C)(C)C)c(O)c(C2CCCCC2)c1.COC(=O)c1cc(C#C[Si](C)(C)C)c(OS(=O)(=O)C(F)(F)F)c(C2CCCCC2)c1.COC(=O)c1cc(I)c(O)c(C2CCCCC2)c1. The van der Waals surface area contributed by atoms with Crippen molar-refractivity contribution in [3.05, 3.63) is 224 Å². The number of aromatic hydroxyl groups is 2. The number of methoxy groups -OCH3 is 4. The second-order valence-corrected chi connectivity index (χ2v) is 67.6. The van der Waals surface area contributed by atoms with E-state index in [0.717, 1.165) is 183 Å². The summed E-state index contributed by atoms with van der Waals surface area (Å²) >= 11 is 5.43. The number of thiazole rings is 2. The third kappa shape index (κ3) is 32.6. The number of pyridine rings is 2. The van der Waals surface area contributed by atoms with Crippen molar-refractivity contribution in [2.45, 2.75) is 309 Å². The van der Waals surface area contributed by atoms with E-state index in [1.807, 2.05) is 59.5 Å². The van der Waals surface area contributed by atoms with Crippen LogP contribution >= 0.6 is 45.3 Å². The number of ketones is 1. The number of phenols is 2. The Balaban J connectivity index is 0.000000179. The maximum atomic E-state index is 13.0. The van der Waals surface area contributed by atoms with Crippen LogP contribution < -0.4 is 4.18 Å². The van der Waals surface area contributed by atoms with Gasteiger partial charge in [-0.2, -0.15) is 21.6 Å². The number of hydrogen-bond donors (Lipinski definition) is 2. The van der Waals surface area contributed by atoms with Crippen LogP contribution in [0.25, 0.3) is 65.2 Å². The van der Waals surface area contributed by atoms with Gasteiger partial charge in [0.25, 0.3) is 0 Å². The lowest BCUT2D eigenvalue weighted by Gasteiger charge is -2.26. The number of halogens is 4. The molecule has 0 unspecified atom stereocenters. The van der Waals surface area contributed by atoms with Crippen molar-refractivity contribution in [1.29, 1.82) is 0 Å². The first-order chi connectivity index (χ1) is 70.8. The predicted molar refractivity (Wildman–Crippen MR) is 622 cm³/mol. The van der Waals surface area contributed by atoms with Crippen LogP contribution in [0.1, 0.15) is 320 Å². The van der Waals surface area contributed by atoms with Gasteiger partial charge in [-0.3, -0.25) is 4.79 Å². The van der Waals surface area contributed by atoms with Gasteiger partial charge in [0, 0.05) is 44.2 Å². The Hall–Kier alpha value is -11.3. The zero-order valence-electron chi connectivity index (χ0n) is 90.6. The summed E-state index contributed by atoms with van der Waals surface area (Å²) in [5, 5.41) is 25.1. The van der Waals surface area contributed by atoms with Crippen molar-refractivity contribution < 1.29 is 78.9 Å². The highest BCUT2D eigenvalue weighted by atomic mass is 127. The number of rotatable bonds is 16. The second-order valence-electron chi connectivity index (χ2n) is 43.5. The average Bonchev–Trinajstić information content (AvgIpc) is 0.999. The van der Waals surface area contributed by atoms with E-state index in [-0.39, 0.29) is 52.0 Å². The summed E-state index contributed by atoms with van der Waals surface area (Å²) in [6.45, 7) is 35.2. The van der Waals surface area contributed by atoms with Crippen molar-refractivity contribution in [3.63, 3.8) is 0 Å². The molecule has 11 aromatic rings. The van der Waals surface area contributed by atoms with E-state index < -0.39 is 59.6 Å². The molecule has 5 fully saturated rings. The number of ether oxygens (including phenoxy) is 4. The molecule has 0 saturated heterocycles. The van der Waals surface area contributed by atoms with E-state index in [4.69, 9.17) is 41.8 Å². The molecule has 4 aromatic heterocycles. The van der Waals surface area contributed by atoms with E-state index in [2.05, 4.69) is 214 Å². The highest BCUT2D eigenvalue weighted by Crippen LogP contribution is 2.49. The fourth-order valence-electron chi connectivity index (χ4n) is 19.5. The molecule has 5 saturated carbocycles. The monoisotopic (exact) mass is 2270 g/mol. The summed E-state index contributed by atoms with van der Waals surface area (Å²) in [6.07, 6.45) is 38.6. The summed E-state index contributed by atoms with van der Waals surface area (Å²) < 4.78 is 87.6. The van der Waals surface area contributed by atoms with Crippen LogP contribution in [0.2, 0.25) is 78.6 Å². The van der Waals surface area contributed by atoms with Crippen LogP contribution in [-0.4, -0.2) is 134 Å². The fourth-order valence-corrected chi connectivity index (χ4v) is 23.9. The van der Waals surface area contributed by atoms with Crippen molar-refractivity contribution in [2.24, 2.45) is 0 Å². The van der Waals surface area contributed by atoms with Gasteiger partial charge >= 0.3 is 39.5 Å². The lowest BCUT2D eigenvalue weighted by Crippen LogP contribution is -2.29. The van der Waals surface area contributed by atoms with Gasteiger partial charge in [0.05, 0.1) is 119 Å². The highest BCUT2D eigenvalue weighted by molar-refractivity contribution is 14.1. The summed E-state index contributed by atoms with van der Waals surface area (Å²) in [5.41, 5.74) is 26.4. The molecule has 792 valence electrons. The lowest BCUT2D eigenvalue weighted by molar-refractivity contribution is -0.0500. The van der Waals surface area contributed by atoms with Crippen LogP contribution in [0.15, 0.2) is 121 Å². The molecule has 0 radical (unpaired) electrons. The van der Waals surface area contributed by atoms with Gasteiger partial charge in [0.1, 0.15) is 43.8 Å². The number of hydrogen-bond acceptors (Lipinski definition) is 20. The number of fused-ring (bicyclic) bond motifs is 2. The number of benzene rings is 7. The first-order valence-corrected chi connectivity index (χ1v) is 70.0. The first-order valence-electron chi connectivity index (χ1n) is 51.9. The third-order valence-corrected chi connectivity index (χ3v) is 34.5. The summed E-state index contributed by atoms with van der Waals surface area (Å²) in [6, 6.07) is 38.9. The number of nitrogens with zero attached hydrogens (tertiary/aromatic N) is 4. The standard InChI is InChI=1S/C33H36N2O2SSi.C30H28N2OS.C20H25F3O5SSi.C19H26O3Si.C14H17IO3.C5H10Si/c1-21-32(38-22(2)34-21)30-15-12-24-18-25(13-14-29(24)35-30)31-26(16-17-39(4,5)6)19-27(33(36)37-3)20-28(31)23-10-8-7-9-11-23;1-5-21-15-25(19(3)33)17-26(22-9-7-6-8-10-22)29(21)24-12-13-27-23(16-24)11-14-28(32-27)30-18(2)31-20(4)34-30;1-27-19(24)16-12-15(10-11-30(2,3)4)18(28-29(25,26)20(21,22)23)17(13-16)14-8-6-5-7-9-14;1-22-19(21)16-12-15(10-11-23(2,3)4)18(20)17(13-16)14-8-6-5-7-9-14;1-18-14(17)10-7-11(13(16)12(15)8-10)9-5-3-2-4-6-9;1-5-6(2,3)4/h12-15,18-20,23H,7-11H2,1-6H3;1,11-17,22H,6-10H2,2-4H3;12-14H,5-9H2,1-4H3;12-14,20H,5-9H2,1-4H3;7-9,16H,2-6H2,1H3;1H,2-4H3. The highest BCUT2D eigenvalue weighted by Gasteiger charge is 2.50. The molecular weight excluding hydrogens is 2130 g/mol. The number of alkyl halides is 3. The molecule has 16 rings (SSSR count). The second kappa shape index (κ2) is 52.8. The van der Waals surface area contributed by atoms with Crippen LogP contribution in [0.4, 0.5) is 13.2 Å². The molecule has 5 aliphatic carbocycles. The molecule has 0 aliphatic heterocycles. The molecule has 4 heterocycles. The number of terminal acetylenes is 2. The normalized spacial score (nSPS) is 14.9. The minimum absolute atomic E-state index is 0.0592. The lowest BCUT2D eigenvalue weighted by atomic mass is 9.78. The number of Topliss-reactive ketones (excluding diaryl/α,β-unsaturated/α-hetero) is 1. The summed E-state index contributed by atoms with van der Waals surface area (Å²) in [7, 11) is -6.79. The molecule has 7 aromatic carbocycles. The Morgan fingerprint density at radius 1 is 0.400 bits per heavy atom. The molecule has 18 nitrogen and oxygen atoms in total. The molecule has 150 heavy (non-hydrogen) atoms. The Labute approximate surface area is 911 Å². The van der Waals surface area contributed by atoms with Gasteiger partial charge in [0.15, 0.2) is 11.5 Å². The summed E-state index contributed by atoms with van der Waals surface area (Å²) in [5.74, 6) is 12.0. The van der Waals surface area contributed by atoms with Crippen molar-refractivity contribution in [2.75, 3.05) is 28.4 Å². The Kier molecular flexibility index (Phi) is 41.9. The molecule has 29 heteroatoms. The van der Waals surface area contributed by atoms with Crippen molar-refractivity contribution in [3.8, 4) is 119 Å². The van der Waals surface area contributed by atoms with Gasteiger partial charge in [0.2, 0.25) is 0 Å². The van der Waals surface area contributed by atoms with Gasteiger partial charge in [-0.1, -0.05) is 223 Å². The molecule has 0 spiro atoms. The minimum Gasteiger partial charge on any atom is -0.507 e. The number of carbonyl (C=O) groups is 5. The van der Waals surface area contributed by atoms with Gasteiger partial charge in [-0.15, -0.1) is 57.7 Å². The maximum Gasteiger partial charge on any atom is 0.534 e. The zero-order chi connectivity index (χ0) is 110. The zero-order valence-corrected chi connectivity index (χ0v) is 99.2. The molecule has 2 N–H and O–H groups in total. The Morgan fingerprint density at radius 2 is 0.713 bits per heavy atom. The van der Waals surface area contributed by atoms with Crippen LogP contribution in [0, 0.1) is 90.0 Å². The van der Waals surface area contributed by atoms with E-state index >= 15 is 0 Å². The molecular formula is C121H142F3IN4O14S3Si4. The van der Waals surface area contributed by atoms with Crippen LogP contribution in [0.3, 0.4) is 0 Å². The quantitative estimate of drug-likeness (QED) is 0.0133. The average molecular weight is 2270 g/mol. The largest absolute Gasteiger partial charge is 0.534 e. The minimum atomic E-state index is -5.90. The first kappa shape index (κ1) is 119. The van der Waals surface area contributed by atoms with Gasteiger partial charge < -0.3 is 33.3 Å². The fraction of sp³-hybridized carbons (Fsp3) is 0.430. The molecule has 5 aliphatic rings. The van der Waals surface area contributed by atoms with Crippen molar-refractivity contribution in [1.82, 2.24) is 19.9 Å². The van der Waals surface area contributed by atoms with E-state index in [1.165, 1.54) is 129 Å². The number of phenolic OH excluding ortho intramolecular Hbond substituents is 2. The number of aryl methyl sites for hydroxylation is 4. The predicted octanol–water partition coefficient (Wildman–Crippen LogP) is 31.3. The van der Waals surface area contributed by atoms with Crippen LogP contribution in [0.5, 0.6) is 17.2 Å². The van der Waals surface area contributed by atoms with Crippen molar-refractivity contribution >= 4 is 139 Å². The number of aromatic nitrogens is 4. The van der Waals surface area contributed by atoms with Crippen LogP contribution in [-0.2, 0) is 29.1 Å². The number of esters is 4. The van der Waals surface area contributed by atoms with E-state index in [0.29, 0.717) is 70.1 Å². The molecule has 0 bridgehead atoms. The smallest absolute Gasteiger partial charge is 0.507 e. The van der Waals surface area contributed by atoms with Gasteiger partial charge in [-0.05, 0) is 281 Å². The molecule has 0 atom stereocenters. The number of carbonyl (C=O) groups excluding carboxylic acids is 5. The Morgan fingerprint density at radius 3 is 1.06 bits per heavy atom. The van der Waals surface area contributed by atoms with E-state index in [9.17, 15) is 55.8 Å². The topological polar surface area (TPSA) is 258 Å². The summed E-state index contributed by atoms with van der Waals surface area (Å²) in [4.78, 5) is 82.0. The maximum absolute atomic E-state index is 13.0. The molecule has 0 amide bonds. The van der Waals surface area contributed by atoms with Gasteiger partial charge in [-0.25, -0.2) is 39.1 Å². The van der Waals surface area contributed by atoms with E-state index in [1.54, 1.807) is 53.9 Å². The third-order valence-electron chi connectivity index (χ3n) is 27.0. The Bertz CT molecular complexity index is 7210.